The number of para-hydroxylation sites is 2. The second-order valence-electron chi connectivity index (χ2n) is 26.4. The third-order valence-electron chi connectivity index (χ3n) is 20.1. The van der Waals surface area contributed by atoms with Gasteiger partial charge in [-0.05, 0) is 94.5 Å². The monoisotopic (exact) mass is 1440 g/mol. The average molecular weight is 1440 g/mol. The molecule has 0 aliphatic rings. The number of hydrogen-bond donors (Lipinski definition) is 0. The second kappa shape index (κ2) is 24.5. The molecular formula is C92H50N8OS5. The Morgan fingerprint density at radius 3 is 1.22 bits per heavy atom. The van der Waals surface area contributed by atoms with Crippen molar-refractivity contribution >= 4 is 160 Å². The van der Waals surface area contributed by atoms with Gasteiger partial charge >= 0.3 is 0 Å². The molecule has 14 aromatic carbocycles. The van der Waals surface area contributed by atoms with E-state index in [2.05, 4.69) is 249 Å². The predicted octanol–water partition coefficient (Wildman–Crippen LogP) is 26.6. The van der Waals surface area contributed by atoms with Gasteiger partial charge < -0.3 is 4.42 Å². The molecule has 0 unspecified atom stereocenters. The van der Waals surface area contributed by atoms with Gasteiger partial charge in [-0.1, -0.05) is 237 Å². The van der Waals surface area contributed by atoms with Crippen molar-refractivity contribution in [1.29, 1.82) is 0 Å². The number of hydrogen-bond acceptors (Lipinski definition) is 14. The molecule has 0 amide bonds. The van der Waals surface area contributed by atoms with Crippen LogP contribution in [0, 0.1) is 0 Å². The fourth-order valence-corrected chi connectivity index (χ4v) is 20.9. The highest BCUT2D eigenvalue weighted by Crippen LogP contribution is 2.49. The van der Waals surface area contributed by atoms with Crippen LogP contribution in [0.1, 0.15) is 0 Å². The normalized spacial score (nSPS) is 12.0. The number of fused-ring (bicyclic) bond motifs is 14. The van der Waals surface area contributed by atoms with Crippen LogP contribution in [0.15, 0.2) is 308 Å². The van der Waals surface area contributed by atoms with Crippen LogP contribution in [-0.4, -0.2) is 39.9 Å². The predicted molar refractivity (Wildman–Crippen MR) is 445 cm³/mol. The number of thiophene rings is 3. The Morgan fingerprint density at radius 1 is 0.208 bits per heavy atom. The van der Waals surface area contributed by atoms with Crippen molar-refractivity contribution in [3.05, 3.63) is 303 Å². The average Bonchev–Trinajstić information content (AvgIpc) is 1.57. The third-order valence-corrected chi connectivity index (χ3v) is 25.9. The molecule has 0 saturated carbocycles. The molecule has 0 bridgehead atoms. The summed E-state index contributed by atoms with van der Waals surface area (Å²) in [7, 11) is 0. The first-order valence-corrected chi connectivity index (χ1v) is 38.9. The van der Waals surface area contributed by atoms with Crippen molar-refractivity contribution in [2.45, 2.75) is 0 Å². The van der Waals surface area contributed by atoms with Gasteiger partial charge in [-0.2, -0.15) is 0 Å². The van der Waals surface area contributed by atoms with E-state index in [1.807, 2.05) is 54.6 Å². The maximum atomic E-state index is 7.01. The molecule has 0 saturated heterocycles. The minimum absolute atomic E-state index is 0.558. The Morgan fingerprint density at radius 2 is 0.604 bits per heavy atom. The van der Waals surface area contributed by atoms with E-state index in [0.29, 0.717) is 34.9 Å². The van der Waals surface area contributed by atoms with Gasteiger partial charge in [-0.25, -0.2) is 39.9 Å². The molecule has 8 aromatic heterocycles. The van der Waals surface area contributed by atoms with Crippen molar-refractivity contribution < 1.29 is 4.42 Å². The molecular weight excluding hydrogens is 1390 g/mol. The van der Waals surface area contributed by atoms with Gasteiger partial charge in [0.1, 0.15) is 21.2 Å². The summed E-state index contributed by atoms with van der Waals surface area (Å²) in [6.45, 7) is 0. The van der Waals surface area contributed by atoms with Crippen LogP contribution in [0.25, 0.3) is 226 Å². The van der Waals surface area contributed by atoms with Crippen molar-refractivity contribution in [3.63, 3.8) is 0 Å². The van der Waals surface area contributed by atoms with Gasteiger partial charge in [0.2, 0.25) is 0 Å². The van der Waals surface area contributed by atoms with E-state index in [1.165, 1.54) is 35.1 Å². The van der Waals surface area contributed by atoms with Gasteiger partial charge in [0.15, 0.2) is 34.9 Å². The lowest BCUT2D eigenvalue weighted by Gasteiger charge is -2.10. The van der Waals surface area contributed by atoms with Gasteiger partial charge in [-0.3, -0.25) is 0 Å². The largest absolute Gasteiger partial charge is 0.455 e. The molecule has 9 nitrogen and oxygen atoms in total. The number of thiazole rings is 2. The fraction of sp³-hybridized carbons (Fsp3) is 0. The quantitative estimate of drug-likeness (QED) is 0.125. The van der Waals surface area contributed by atoms with Crippen LogP contribution >= 0.6 is 56.7 Å². The van der Waals surface area contributed by atoms with Crippen LogP contribution in [-0.2, 0) is 0 Å². The molecule has 0 N–H and O–H groups in total. The molecule has 0 atom stereocenters. The van der Waals surface area contributed by atoms with Crippen LogP contribution in [0.5, 0.6) is 0 Å². The van der Waals surface area contributed by atoms with Crippen molar-refractivity contribution in [2.24, 2.45) is 0 Å². The fourth-order valence-electron chi connectivity index (χ4n) is 15.2. The Kier molecular flexibility index (Phi) is 14.1. The summed E-state index contributed by atoms with van der Waals surface area (Å²) in [6, 6.07) is 107. The molecule has 14 heteroatoms. The van der Waals surface area contributed by atoms with Gasteiger partial charge in [0.05, 0.1) is 20.4 Å². The minimum Gasteiger partial charge on any atom is -0.455 e. The maximum Gasteiger partial charge on any atom is 0.165 e. The van der Waals surface area contributed by atoms with Crippen molar-refractivity contribution in [3.8, 4) is 123 Å². The first-order chi connectivity index (χ1) is 52.5. The first kappa shape index (κ1) is 60.9. The van der Waals surface area contributed by atoms with E-state index < -0.39 is 0 Å². The zero-order valence-corrected chi connectivity index (χ0v) is 60.0. The summed E-state index contributed by atoms with van der Waals surface area (Å²) in [5.41, 5.74) is 17.7. The number of aromatic nitrogens is 8. The van der Waals surface area contributed by atoms with Crippen molar-refractivity contribution in [2.75, 3.05) is 0 Å². The van der Waals surface area contributed by atoms with Crippen LogP contribution in [0.4, 0.5) is 0 Å². The van der Waals surface area contributed by atoms with Crippen LogP contribution < -0.4 is 0 Å². The number of rotatable bonds is 11. The lowest BCUT2D eigenvalue weighted by Crippen LogP contribution is -2.00. The number of benzene rings is 14. The van der Waals surface area contributed by atoms with E-state index in [-0.39, 0.29) is 0 Å². The lowest BCUT2D eigenvalue weighted by molar-refractivity contribution is 0.670. The van der Waals surface area contributed by atoms with E-state index in [9.17, 15) is 0 Å². The van der Waals surface area contributed by atoms with Crippen LogP contribution in [0.2, 0.25) is 0 Å². The Labute approximate surface area is 625 Å². The molecule has 22 aromatic rings. The highest BCUT2D eigenvalue weighted by atomic mass is 32.1. The molecule has 0 aliphatic carbocycles. The topological polar surface area (TPSA) is 116 Å². The summed E-state index contributed by atoms with van der Waals surface area (Å²) >= 11 is 8.81. The summed E-state index contributed by atoms with van der Waals surface area (Å²) in [5.74, 6) is 3.66. The number of nitrogens with zero attached hydrogens (tertiary/aromatic N) is 8. The first-order valence-electron chi connectivity index (χ1n) is 34.8. The van der Waals surface area contributed by atoms with Gasteiger partial charge in [0.25, 0.3) is 0 Å². The minimum atomic E-state index is 0.558. The standard InChI is InChI=1S/C92H50N8OS5/c1-3-20-51(21-4-1)85-95-87(99-88(96-85)67-37-18-44-76-79(67)64-34-14-30-59(82(64)103-76)53-24-11-26-56(48-53)91-93-70-40-8-10-43-74(70)105-91)66-36-17-41-72-78(66)63-33-13-29-58(81(63)101-72)55-46-47-75-71(50-55)94-92(106-75)57-27-12-25-54(49-57)60-31-15-35-65-80-68(38-19-45-77(80)104-83(60)65)89-97-86(52-22-5-2-6-23-52)98-90(100-89)69-39-16-32-62-61-28-7-9-42-73(61)102-84(62)69/h1-50H. The molecule has 0 radical (unpaired) electrons. The zero-order valence-electron chi connectivity index (χ0n) is 55.9. The molecule has 0 aliphatic heterocycles. The Hall–Kier alpha value is -12.7. The van der Waals surface area contributed by atoms with E-state index in [0.717, 1.165) is 156 Å². The lowest BCUT2D eigenvalue weighted by atomic mass is 9.99. The summed E-state index contributed by atoms with van der Waals surface area (Å²) in [4.78, 5) is 42.4. The van der Waals surface area contributed by atoms with Gasteiger partial charge in [-0.15, -0.1) is 56.7 Å². The highest BCUT2D eigenvalue weighted by molar-refractivity contribution is 7.27. The van der Waals surface area contributed by atoms with Gasteiger partial charge in [0, 0.05) is 121 Å². The summed E-state index contributed by atoms with van der Waals surface area (Å²) in [5, 5.41) is 10.8. The second-order valence-corrected chi connectivity index (χ2v) is 31.6. The molecule has 0 fully saturated rings. The smallest absolute Gasteiger partial charge is 0.165 e. The molecule has 106 heavy (non-hydrogen) atoms. The molecule has 8 heterocycles. The third kappa shape index (κ3) is 10.1. The Balaban J connectivity index is 0.606. The SMILES string of the molecule is c1ccc(-c2nc(-c3cccc4c3sc3ccccc34)nc(-c3cccc4sc5c(-c6cccc(-c7nc8cc(-c9cccc%10c9oc9cccc(-c%11nc(-c%12ccccc%12)nc(-c%12cccc%13sc%14c(-c%15cccc(-c%16nc%17ccccc%17s%16)c%15)cccc%14c%12%13)n%11)c9%10)ccc8s7)c6)cccc5c34)n2)cc1. The zero-order chi connectivity index (χ0) is 69.5. The highest BCUT2D eigenvalue weighted by Gasteiger charge is 2.25. The van der Waals surface area contributed by atoms with Crippen LogP contribution in [0.3, 0.4) is 0 Å². The molecule has 494 valence electrons. The summed E-state index contributed by atoms with van der Waals surface area (Å²) < 4.78 is 16.4. The molecule has 0 spiro atoms. The van der Waals surface area contributed by atoms with E-state index in [4.69, 9.17) is 44.3 Å². The maximum absolute atomic E-state index is 7.01. The summed E-state index contributed by atoms with van der Waals surface area (Å²) in [6.07, 6.45) is 0. The Bertz CT molecular complexity index is 7340. The van der Waals surface area contributed by atoms with Crippen molar-refractivity contribution in [1.82, 2.24) is 39.9 Å². The molecule has 22 rings (SSSR count). The van der Waals surface area contributed by atoms with E-state index in [1.54, 1.807) is 56.7 Å². The van der Waals surface area contributed by atoms with E-state index >= 15 is 0 Å². The number of furan rings is 1.